The van der Waals surface area contributed by atoms with Crippen molar-refractivity contribution in [2.45, 2.75) is 19.4 Å². The zero-order chi connectivity index (χ0) is 13.9. The smallest absolute Gasteiger partial charge is 0.0947 e. The van der Waals surface area contributed by atoms with E-state index >= 15 is 0 Å². The average Bonchev–Trinajstić information content (AvgIpc) is 2.89. The molecule has 2 heterocycles. The van der Waals surface area contributed by atoms with Gasteiger partial charge in [-0.05, 0) is 23.9 Å². The maximum Gasteiger partial charge on any atom is 0.0947 e. The monoisotopic (exact) mass is 284 g/mol. The number of nitrogens with one attached hydrogen (secondary N) is 1. The fraction of sp³-hybridized carbons (Fsp3) is 0.200. The maximum absolute atomic E-state index is 5.76. The first-order valence-corrected chi connectivity index (χ1v) is 7.35. The molecule has 4 nitrogen and oxygen atoms in total. The van der Waals surface area contributed by atoms with Gasteiger partial charge in [0, 0.05) is 35.3 Å². The molecule has 0 saturated heterocycles. The summed E-state index contributed by atoms with van der Waals surface area (Å²) in [5.74, 6) is 5.76. The van der Waals surface area contributed by atoms with Crippen molar-refractivity contribution in [3.8, 4) is 0 Å². The van der Waals surface area contributed by atoms with Gasteiger partial charge in [0.15, 0.2) is 0 Å². The summed E-state index contributed by atoms with van der Waals surface area (Å²) >= 11 is 1.67. The summed E-state index contributed by atoms with van der Waals surface area (Å²) in [4.78, 5) is 8.73. The van der Waals surface area contributed by atoms with Gasteiger partial charge in [0.1, 0.15) is 0 Å². The molecule has 2 aromatic heterocycles. The minimum Gasteiger partial charge on any atom is -0.271 e. The third kappa shape index (κ3) is 2.56. The lowest BCUT2D eigenvalue weighted by atomic mass is 9.99. The highest BCUT2D eigenvalue weighted by atomic mass is 32.1. The summed E-state index contributed by atoms with van der Waals surface area (Å²) in [6, 6.07) is 8.28. The number of nitrogens with two attached hydrogens (primary N) is 1. The highest BCUT2D eigenvalue weighted by molar-refractivity contribution is 7.09. The van der Waals surface area contributed by atoms with Gasteiger partial charge in [-0.3, -0.25) is 16.3 Å². The Bertz CT molecular complexity index is 717. The quantitative estimate of drug-likeness (QED) is 0.571. The minimum absolute atomic E-state index is 0.0356. The van der Waals surface area contributed by atoms with Crippen LogP contribution in [0.15, 0.2) is 42.0 Å². The number of thiazole rings is 1. The average molecular weight is 284 g/mol. The summed E-state index contributed by atoms with van der Waals surface area (Å²) in [7, 11) is 0. The van der Waals surface area contributed by atoms with Gasteiger partial charge in [0.25, 0.3) is 0 Å². The van der Waals surface area contributed by atoms with Crippen molar-refractivity contribution in [1.29, 1.82) is 0 Å². The van der Waals surface area contributed by atoms with Gasteiger partial charge in [-0.25, -0.2) is 4.98 Å². The van der Waals surface area contributed by atoms with E-state index in [4.69, 9.17) is 5.84 Å². The summed E-state index contributed by atoms with van der Waals surface area (Å²) in [5, 5.41) is 5.46. The van der Waals surface area contributed by atoms with Crippen LogP contribution in [0.5, 0.6) is 0 Å². The lowest BCUT2D eigenvalue weighted by Crippen LogP contribution is -2.29. The number of fused-ring (bicyclic) bond motifs is 1. The van der Waals surface area contributed by atoms with Crippen LogP contribution < -0.4 is 11.3 Å². The highest BCUT2D eigenvalue weighted by Gasteiger charge is 2.15. The van der Waals surface area contributed by atoms with Crippen molar-refractivity contribution < 1.29 is 0 Å². The first-order chi connectivity index (χ1) is 9.78. The van der Waals surface area contributed by atoms with E-state index in [1.807, 2.05) is 19.2 Å². The molecule has 3 N–H and O–H groups in total. The molecule has 0 fully saturated rings. The number of pyridine rings is 1. The predicted molar refractivity (Wildman–Crippen MR) is 82.4 cm³/mol. The van der Waals surface area contributed by atoms with Crippen molar-refractivity contribution in [1.82, 2.24) is 15.4 Å². The Morgan fingerprint density at radius 3 is 3.00 bits per heavy atom. The lowest BCUT2D eigenvalue weighted by molar-refractivity contribution is 0.554. The first-order valence-electron chi connectivity index (χ1n) is 6.47. The molecular weight excluding hydrogens is 268 g/mol. The molecule has 3 rings (SSSR count). The molecule has 0 spiro atoms. The molecule has 0 aliphatic heterocycles. The van der Waals surface area contributed by atoms with Crippen molar-refractivity contribution in [3.63, 3.8) is 0 Å². The third-order valence-corrected chi connectivity index (χ3v) is 4.33. The van der Waals surface area contributed by atoms with Gasteiger partial charge in [0.05, 0.1) is 11.0 Å². The maximum atomic E-state index is 5.76. The van der Waals surface area contributed by atoms with Gasteiger partial charge >= 0.3 is 0 Å². The van der Waals surface area contributed by atoms with Crippen LogP contribution in [0.4, 0.5) is 0 Å². The van der Waals surface area contributed by atoms with Gasteiger partial charge in [-0.2, -0.15) is 0 Å². The van der Waals surface area contributed by atoms with Crippen LogP contribution in [0.25, 0.3) is 10.8 Å². The highest BCUT2D eigenvalue weighted by Crippen LogP contribution is 2.26. The molecule has 0 aliphatic carbocycles. The van der Waals surface area contributed by atoms with Crippen LogP contribution in [0.3, 0.4) is 0 Å². The fourth-order valence-corrected chi connectivity index (χ4v) is 3.19. The molecule has 3 aromatic rings. The van der Waals surface area contributed by atoms with Crippen molar-refractivity contribution in [2.24, 2.45) is 5.84 Å². The van der Waals surface area contributed by atoms with E-state index in [1.165, 1.54) is 5.39 Å². The van der Waals surface area contributed by atoms with Crippen LogP contribution in [0.2, 0.25) is 0 Å². The summed E-state index contributed by atoms with van der Waals surface area (Å²) in [6.45, 7) is 2.01. The molecule has 1 aromatic carbocycles. The Morgan fingerprint density at radius 1 is 1.35 bits per heavy atom. The summed E-state index contributed by atoms with van der Waals surface area (Å²) in [6.07, 6.45) is 4.48. The third-order valence-electron chi connectivity index (χ3n) is 3.34. The zero-order valence-electron chi connectivity index (χ0n) is 11.2. The van der Waals surface area contributed by atoms with Crippen molar-refractivity contribution in [3.05, 3.63) is 58.3 Å². The Labute approximate surface area is 121 Å². The van der Waals surface area contributed by atoms with E-state index < -0.39 is 0 Å². The van der Waals surface area contributed by atoms with E-state index in [0.29, 0.717) is 0 Å². The summed E-state index contributed by atoms with van der Waals surface area (Å²) < 4.78 is 0. The fourth-order valence-electron chi connectivity index (χ4n) is 2.37. The molecule has 20 heavy (non-hydrogen) atoms. The number of benzene rings is 1. The minimum atomic E-state index is 0.0356. The first kappa shape index (κ1) is 13.2. The second-order valence-corrected chi connectivity index (χ2v) is 5.69. The zero-order valence-corrected chi connectivity index (χ0v) is 12.0. The van der Waals surface area contributed by atoms with E-state index in [-0.39, 0.29) is 6.04 Å². The normalized spacial score (nSPS) is 12.7. The topological polar surface area (TPSA) is 63.8 Å². The van der Waals surface area contributed by atoms with E-state index in [0.717, 1.165) is 28.1 Å². The van der Waals surface area contributed by atoms with Gasteiger partial charge in [-0.1, -0.05) is 18.2 Å². The van der Waals surface area contributed by atoms with Crippen LogP contribution in [-0.4, -0.2) is 9.97 Å². The standard InChI is InChI=1S/C15H16N4S/c1-10-9-20-15(18-10)7-14(19-16)12-4-2-3-11-5-6-17-8-13(11)12/h2-6,8-9,14,19H,7,16H2,1H3. The number of aromatic nitrogens is 2. The molecule has 0 amide bonds. The van der Waals surface area contributed by atoms with E-state index in [1.54, 1.807) is 17.5 Å². The van der Waals surface area contributed by atoms with Crippen LogP contribution in [0.1, 0.15) is 22.3 Å². The largest absolute Gasteiger partial charge is 0.271 e. The Morgan fingerprint density at radius 2 is 2.25 bits per heavy atom. The van der Waals surface area contributed by atoms with Gasteiger partial charge in [0.2, 0.25) is 0 Å². The van der Waals surface area contributed by atoms with Crippen LogP contribution in [0, 0.1) is 6.92 Å². The number of aryl methyl sites for hydroxylation is 1. The molecule has 0 bridgehead atoms. The molecule has 0 aliphatic rings. The number of hydrogen-bond acceptors (Lipinski definition) is 5. The Hall–Kier alpha value is -1.82. The molecule has 1 atom stereocenters. The van der Waals surface area contributed by atoms with Crippen LogP contribution >= 0.6 is 11.3 Å². The SMILES string of the molecule is Cc1csc(CC(NN)c2cccc3ccncc23)n1. The van der Waals surface area contributed by atoms with E-state index in [9.17, 15) is 0 Å². The molecular formula is C15H16N4S. The van der Waals surface area contributed by atoms with Crippen LogP contribution in [-0.2, 0) is 6.42 Å². The molecule has 0 radical (unpaired) electrons. The molecule has 102 valence electrons. The molecule has 1 unspecified atom stereocenters. The molecule has 5 heteroatoms. The lowest BCUT2D eigenvalue weighted by Gasteiger charge is -2.17. The Balaban J connectivity index is 1.98. The number of rotatable bonds is 4. The predicted octanol–water partition coefficient (Wildman–Crippen LogP) is 2.75. The van der Waals surface area contributed by atoms with Crippen molar-refractivity contribution >= 4 is 22.1 Å². The van der Waals surface area contributed by atoms with Gasteiger partial charge < -0.3 is 0 Å². The van der Waals surface area contributed by atoms with Gasteiger partial charge in [-0.15, -0.1) is 11.3 Å². The number of hydrazine groups is 1. The number of hydrogen-bond donors (Lipinski definition) is 2. The summed E-state index contributed by atoms with van der Waals surface area (Å²) in [5.41, 5.74) is 5.12. The van der Waals surface area contributed by atoms with E-state index in [2.05, 4.69) is 39.0 Å². The molecule has 0 saturated carbocycles. The second kappa shape index (κ2) is 5.66. The second-order valence-electron chi connectivity index (χ2n) is 4.75. The Kier molecular flexibility index (Phi) is 3.73. The number of nitrogens with zero attached hydrogens (tertiary/aromatic N) is 2. The van der Waals surface area contributed by atoms with Crippen molar-refractivity contribution in [2.75, 3.05) is 0 Å².